The molecule has 4 rings (SSSR count). The van der Waals surface area contributed by atoms with E-state index in [-0.39, 0.29) is 6.09 Å². The SMILES string of the molecule is CC(C)(C)OC(=O)N1CCN(c2nccc3c(Sc4ccccc4)c[nH]c23)CC1. The van der Waals surface area contributed by atoms with Crippen LogP contribution in [0.3, 0.4) is 0 Å². The fraction of sp³-hybridized carbons (Fsp3) is 0.364. The number of carbonyl (C=O) groups is 1. The largest absolute Gasteiger partial charge is 0.444 e. The molecule has 1 aliphatic rings. The first-order chi connectivity index (χ1) is 13.9. The highest BCUT2D eigenvalue weighted by Gasteiger charge is 2.27. The molecule has 7 heteroatoms. The number of ether oxygens (including phenoxy) is 1. The summed E-state index contributed by atoms with van der Waals surface area (Å²) in [6.45, 7) is 8.38. The summed E-state index contributed by atoms with van der Waals surface area (Å²) in [6, 6.07) is 12.4. The normalized spacial score (nSPS) is 15.0. The molecular formula is C22H26N4O2S. The number of anilines is 1. The van der Waals surface area contributed by atoms with Crippen molar-refractivity contribution in [3.05, 3.63) is 48.8 Å². The fourth-order valence-electron chi connectivity index (χ4n) is 3.38. The number of aromatic nitrogens is 2. The molecule has 1 amide bonds. The fourth-order valence-corrected chi connectivity index (χ4v) is 4.33. The highest BCUT2D eigenvalue weighted by Crippen LogP contribution is 2.36. The number of aromatic amines is 1. The number of hydrogen-bond donors (Lipinski definition) is 1. The van der Waals surface area contributed by atoms with Gasteiger partial charge in [0.05, 0.1) is 5.52 Å². The lowest BCUT2D eigenvalue weighted by Crippen LogP contribution is -2.50. The lowest BCUT2D eigenvalue weighted by atomic mass is 10.2. The third-order valence-corrected chi connectivity index (χ3v) is 5.81. The molecule has 0 unspecified atom stereocenters. The van der Waals surface area contributed by atoms with E-state index < -0.39 is 5.60 Å². The van der Waals surface area contributed by atoms with Crippen LogP contribution in [0.1, 0.15) is 20.8 Å². The van der Waals surface area contributed by atoms with Gasteiger partial charge in [0, 0.05) is 53.7 Å². The molecule has 2 aromatic heterocycles. The summed E-state index contributed by atoms with van der Waals surface area (Å²) in [5.41, 5.74) is 0.565. The molecule has 1 aromatic carbocycles. The maximum atomic E-state index is 12.3. The van der Waals surface area contributed by atoms with E-state index in [0.29, 0.717) is 13.1 Å². The van der Waals surface area contributed by atoms with Gasteiger partial charge in [-0.2, -0.15) is 0 Å². The molecule has 1 aliphatic heterocycles. The van der Waals surface area contributed by atoms with Crippen LogP contribution < -0.4 is 4.90 Å². The third-order valence-electron chi connectivity index (χ3n) is 4.75. The molecule has 0 aliphatic carbocycles. The van der Waals surface area contributed by atoms with E-state index >= 15 is 0 Å². The second-order valence-electron chi connectivity index (χ2n) is 8.08. The molecule has 0 spiro atoms. The average molecular weight is 411 g/mol. The zero-order valence-corrected chi connectivity index (χ0v) is 17.8. The number of pyridine rings is 1. The number of rotatable bonds is 3. The Morgan fingerprint density at radius 3 is 2.52 bits per heavy atom. The molecule has 1 fully saturated rings. The Kier molecular flexibility index (Phi) is 5.41. The summed E-state index contributed by atoms with van der Waals surface area (Å²) in [5.74, 6) is 0.936. The minimum atomic E-state index is -0.474. The van der Waals surface area contributed by atoms with E-state index in [4.69, 9.17) is 4.74 Å². The number of carbonyl (C=O) groups excluding carboxylic acids is 1. The van der Waals surface area contributed by atoms with Gasteiger partial charge >= 0.3 is 6.09 Å². The van der Waals surface area contributed by atoms with Gasteiger partial charge in [0.1, 0.15) is 5.60 Å². The molecule has 1 N–H and O–H groups in total. The van der Waals surface area contributed by atoms with E-state index in [0.717, 1.165) is 24.4 Å². The maximum absolute atomic E-state index is 12.3. The molecule has 0 radical (unpaired) electrons. The Bertz CT molecular complexity index is 989. The van der Waals surface area contributed by atoms with Crippen LogP contribution in [-0.4, -0.2) is 52.7 Å². The van der Waals surface area contributed by atoms with Crippen molar-refractivity contribution in [1.29, 1.82) is 0 Å². The van der Waals surface area contributed by atoms with Gasteiger partial charge < -0.3 is 19.5 Å². The molecular weight excluding hydrogens is 384 g/mol. The Morgan fingerprint density at radius 1 is 1.10 bits per heavy atom. The first-order valence-corrected chi connectivity index (χ1v) is 10.6. The minimum Gasteiger partial charge on any atom is -0.444 e. The third kappa shape index (κ3) is 4.50. The molecule has 0 saturated carbocycles. The van der Waals surface area contributed by atoms with Gasteiger partial charge in [0.25, 0.3) is 0 Å². The number of nitrogens with one attached hydrogen (secondary N) is 1. The van der Waals surface area contributed by atoms with Crippen molar-refractivity contribution in [2.45, 2.75) is 36.2 Å². The Labute approximate surface area is 175 Å². The Morgan fingerprint density at radius 2 is 1.83 bits per heavy atom. The summed E-state index contributed by atoms with van der Waals surface area (Å²) in [5, 5.41) is 1.17. The van der Waals surface area contributed by atoms with Crippen molar-refractivity contribution >= 4 is 34.6 Å². The number of nitrogens with zero attached hydrogens (tertiary/aromatic N) is 3. The van der Waals surface area contributed by atoms with Gasteiger partial charge in [-0.25, -0.2) is 9.78 Å². The quantitative estimate of drug-likeness (QED) is 0.674. The molecule has 6 nitrogen and oxygen atoms in total. The molecule has 0 bridgehead atoms. The summed E-state index contributed by atoms with van der Waals surface area (Å²) < 4.78 is 5.49. The highest BCUT2D eigenvalue weighted by molar-refractivity contribution is 7.99. The van der Waals surface area contributed by atoms with E-state index in [1.165, 1.54) is 15.2 Å². The van der Waals surface area contributed by atoms with Gasteiger partial charge in [-0.05, 0) is 39.0 Å². The van der Waals surface area contributed by atoms with E-state index in [1.54, 1.807) is 16.7 Å². The molecule has 0 atom stereocenters. The van der Waals surface area contributed by atoms with E-state index in [1.807, 2.05) is 51.4 Å². The van der Waals surface area contributed by atoms with Crippen molar-refractivity contribution in [2.24, 2.45) is 0 Å². The molecule has 3 heterocycles. The van der Waals surface area contributed by atoms with Crippen LogP contribution in [0.15, 0.2) is 58.6 Å². The number of hydrogen-bond acceptors (Lipinski definition) is 5. The van der Waals surface area contributed by atoms with E-state index in [2.05, 4.69) is 33.1 Å². The predicted molar refractivity (Wildman–Crippen MR) is 117 cm³/mol. The van der Waals surface area contributed by atoms with Gasteiger partial charge in [0.2, 0.25) is 0 Å². The Hall–Kier alpha value is -2.67. The summed E-state index contributed by atoms with van der Waals surface area (Å²) in [7, 11) is 0. The second kappa shape index (κ2) is 7.99. The second-order valence-corrected chi connectivity index (χ2v) is 9.19. The molecule has 3 aromatic rings. The van der Waals surface area contributed by atoms with Gasteiger partial charge in [-0.1, -0.05) is 30.0 Å². The van der Waals surface area contributed by atoms with Crippen LogP contribution in [0.5, 0.6) is 0 Å². The first-order valence-electron chi connectivity index (χ1n) is 9.82. The summed E-state index contributed by atoms with van der Waals surface area (Å²) in [6.07, 6.45) is 3.66. The van der Waals surface area contributed by atoms with Crippen LogP contribution in [0.25, 0.3) is 10.9 Å². The number of H-pyrrole nitrogens is 1. The van der Waals surface area contributed by atoms with E-state index in [9.17, 15) is 4.79 Å². The zero-order chi connectivity index (χ0) is 20.4. The van der Waals surface area contributed by atoms with Crippen LogP contribution in [0.2, 0.25) is 0 Å². The van der Waals surface area contributed by atoms with Crippen LogP contribution in [0.4, 0.5) is 10.6 Å². The number of piperazine rings is 1. The average Bonchev–Trinajstić information content (AvgIpc) is 3.11. The highest BCUT2D eigenvalue weighted by atomic mass is 32.2. The topological polar surface area (TPSA) is 61.5 Å². The van der Waals surface area contributed by atoms with Crippen molar-refractivity contribution in [3.8, 4) is 0 Å². The monoisotopic (exact) mass is 410 g/mol. The van der Waals surface area contributed by atoms with Crippen LogP contribution >= 0.6 is 11.8 Å². The van der Waals surface area contributed by atoms with Crippen LogP contribution in [-0.2, 0) is 4.74 Å². The molecule has 1 saturated heterocycles. The standard InChI is InChI=1S/C22H26N4O2S/c1-22(2,3)28-21(27)26-13-11-25(12-14-26)20-19-17(9-10-23-20)18(15-24-19)29-16-7-5-4-6-8-16/h4-10,15,24H,11-14H2,1-3H3. The van der Waals surface area contributed by atoms with Gasteiger partial charge in [-0.15, -0.1) is 0 Å². The van der Waals surface area contributed by atoms with Crippen molar-refractivity contribution in [1.82, 2.24) is 14.9 Å². The number of fused-ring (bicyclic) bond motifs is 1. The smallest absolute Gasteiger partial charge is 0.410 e. The van der Waals surface area contributed by atoms with Crippen molar-refractivity contribution in [2.75, 3.05) is 31.1 Å². The Balaban J connectivity index is 1.49. The van der Waals surface area contributed by atoms with Crippen molar-refractivity contribution < 1.29 is 9.53 Å². The van der Waals surface area contributed by atoms with Gasteiger partial charge in [0.15, 0.2) is 5.82 Å². The minimum absolute atomic E-state index is 0.246. The van der Waals surface area contributed by atoms with Gasteiger partial charge in [-0.3, -0.25) is 0 Å². The number of amides is 1. The van der Waals surface area contributed by atoms with Crippen LogP contribution in [0, 0.1) is 0 Å². The molecule has 29 heavy (non-hydrogen) atoms. The number of benzene rings is 1. The predicted octanol–water partition coefficient (Wildman–Crippen LogP) is 4.77. The lowest BCUT2D eigenvalue weighted by Gasteiger charge is -2.36. The summed E-state index contributed by atoms with van der Waals surface area (Å²) in [4.78, 5) is 26.7. The molecule has 152 valence electrons. The lowest BCUT2D eigenvalue weighted by molar-refractivity contribution is 0.0240. The first kappa shape index (κ1) is 19.6. The zero-order valence-electron chi connectivity index (χ0n) is 17.0. The van der Waals surface area contributed by atoms with Crippen molar-refractivity contribution in [3.63, 3.8) is 0 Å². The maximum Gasteiger partial charge on any atom is 0.410 e. The summed E-state index contributed by atoms with van der Waals surface area (Å²) >= 11 is 1.74.